The fourth-order valence-corrected chi connectivity index (χ4v) is 4.60. The predicted molar refractivity (Wildman–Crippen MR) is 103 cm³/mol. The smallest absolute Gasteiger partial charge is 0.169 e. The van der Waals surface area contributed by atoms with Crippen molar-refractivity contribution in [3.63, 3.8) is 0 Å². The van der Waals surface area contributed by atoms with E-state index in [2.05, 4.69) is 6.58 Å². The van der Waals surface area contributed by atoms with Crippen LogP contribution in [0.25, 0.3) is 0 Å². The summed E-state index contributed by atoms with van der Waals surface area (Å²) in [4.78, 5) is 0. The van der Waals surface area contributed by atoms with Crippen molar-refractivity contribution in [2.45, 2.75) is 81.1 Å². The molecule has 4 rings (SSSR count). The highest BCUT2D eigenvalue weighted by atomic mass is 16.8. The van der Waals surface area contributed by atoms with Gasteiger partial charge in [-0.1, -0.05) is 42.8 Å². The zero-order valence-corrected chi connectivity index (χ0v) is 16.1. The molecular formula is C22H30O6. The second-order valence-corrected chi connectivity index (χ2v) is 7.97. The third-order valence-corrected chi connectivity index (χ3v) is 6.00. The molecule has 1 saturated heterocycles. The van der Waals surface area contributed by atoms with E-state index in [1.165, 1.54) is 6.42 Å². The van der Waals surface area contributed by atoms with Gasteiger partial charge in [0.15, 0.2) is 5.79 Å². The van der Waals surface area contributed by atoms with Crippen LogP contribution in [-0.4, -0.2) is 59.2 Å². The van der Waals surface area contributed by atoms with E-state index in [-0.39, 0.29) is 6.61 Å². The number of hydrogen-bond donors (Lipinski definition) is 2. The third kappa shape index (κ3) is 3.90. The molecule has 2 N–H and O–H groups in total. The number of fused-ring (bicyclic) bond motifs is 1. The molecule has 154 valence electrons. The van der Waals surface area contributed by atoms with Gasteiger partial charge in [0.1, 0.15) is 36.6 Å². The molecule has 3 aliphatic rings. The largest absolute Gasteiger partial charge is 0.387 e. The van der Waals surface area contributed by atoms with E-state index in [1.807, 2.05) is 30.3 Å². The molecule has 3 fully saturated rings. The van der Waals surface area contributed by atoms with E-state index < -0.39 is 42.4 Å². The first-order valence-electron chi connectivity index (χ1n) is 10.2. The number of benzene rings is 1. The van der Waals surface area contributed by atoms with Crippen LogP contribution in [0.1, 0.15) is 37.7 Å². The van der Waals surface area contributed by atoms with Crippen molar-refractivity contribution in [3.05, 3.63) is 48.6 Å². The molecule has 0 radical (unpaired) electrons. The van der Waals surface area contributed by atoms with Crippen molar-refractivity contribution < 1.29 is 29.2 Å². The molecule has 1 spiro atoms. The lowest BCUT2D eigenvalue weighted by molar-refractivity contribution is -0.219. The van der Waals surface area contributed by atoms with Gasteiger partial charge in [-0.05, 0) is 18.4 Å². The third-order valence-electron chi connectivity index (χ3n) is 6.00. The van der Waals surface area contributed by atoms with Crippen molar-refractivity contribution in [2.24, 2.45) is 0 Å². The van der Waals surface area contributed by atoms with Crippen LogP contribution in [-0.2, 0) is 25.6 Å². The Kier molecular flexibility index (Phi) is 6.16. The van der Waals surface area contributed by atoms with Gasteiger partial charge in [-0.2, -0.15) is 0 Å². The lowest BCUT2D eigenvalue weighted by atomic mass is 9.84. The summed E-state index contributed by atoms with van der Waals surface area (Å²) >= 11 is 0. The normalized spacial score (nSPS) is 36.9. The van der Waals surface area contributed by atoms with E-state index in [1.54, 1.807) is 6.08 Å². The minimum atomic E-state index is -1.12. The minimum Gasteiger partial charge on any atom is -0.387 e. The second-order valence-electron chi connectivity index (χ2n) is 7.97. The van der Waals surface area contributed by atoms with Gasteiger partial charge in [0.05, 0.1) is 13.2 Å². The van der Waals surface area contributed by atoms with E-state index in [4.69, 9.17) is 18.9 Å². The van der Waals surface area contributed by atoms with Gasteiger partial charge in [0, 0.05) is 12.8 Å². The number of ether oxygens (including phenoxy) is 4. The van der Waals surface area contributed by atoms with Gasteiger partial charge >= 0.3 is 0 Å². The minimum absolute atomic E-state index is 0.267. The van der Waals surface area contributed by atoms with Crippen LogP contribution in [0.3, 0.4) is 0 Å². The SMILES string of the molecule is C=CCOC1C(O)C(O)C(OCc2ccccc2)C2OC3(CCCCC3)OC12. The summed E-state index contributed by atoms with van der Waals surface area (Å²) in [5.41, 5.74) is 0.997. The molecule has 6 nitrogen and oxygen atoms in total. The molecule has 28 heavy (non-hydrogen) atoms. The van der Waals surface area contributed by atoms with Crippen molar-refractivity contribution in [1.82, 2.24) is 0 Å². The van der Waals surface area contributed by atoms with Crippen LogP contribution in [0.5, 0.6) is 0 Å². The summed E-state index contributed by atoms with van der Waals surface area (Å²) in [7, 11) is 0. The molecular weight excluding hydrogens is 360 g/mol. The first kappa shape index (κ1) is 20.0. The lowest BCUT2D eigenvalue weighted by Gasteiger charge is -2.42. The Labute approximate surface area is 166 Å². The van der Waals surface area contributed by atoms with Crippen molar-refractivity contribution in [1.29, 1.82) is 0 Å². The van der Waals surface area contributed by atoms with E-state index in [0.717, 1.165) is 31.2 Å². The molecule has 1 aromatic rings. The molecule has 2 aliphatic carbocycles. The molecule has 0 amide bonds. The first-order valence-corrected chi connectivity index (χ1v) is 10.2. The number of aliphatic hydroxyl groups excluding tert-OH is 2. The molecule has 6 atom stereocenters. The quantitative estimate of drug-likeness (QED) is 0.726. The van der Waals surface area contributed by atoms with Gasteiger partial charge < -0.3 is 29.2 Å². The average molecular weight is 390 g/mol. The van der Waals surface area contributed by atoms with Gasteiger partial charge in [-0.15, -0.1) is 6.58 Å². The van der Waals surface area contributed by atoms with Gasteiger partial charge in [0.25, 0.3) is 0 Å². The molecule has 1 aromatic carbocycles. The molecule has 2 saturated carbocycles. The monoisotopic (exact) mass is 390 g/mol. The van der Waals surface area contributed by atoms with E-state index >= 15 is 0 Å². The Hall–Kier alpha value is -1.28. The van der Waals surface area contributed by atoms with Crippen LogP contribution < -0.4 is 0 Å². The van der Waals surface area contributed by atoms with Gasteiger partial charge in [-0.3, -0.25) is 0 Å². The fraction of sp³-hybridized carbons (Fsp3) is 0.636. The standard InChI is InChI=1S/C22H30O6/c1-2-13-25-18-16(23)17(24)19(26-14-15-9-5-3-6-10-15)21-20(18)27-22(28-21)11-7-4-8-12-22/h2-3,5-6,9-10,16-21,23-24H,1,4,7-8,11-14H2. The van der Waals surface area contributed by atoms with Crippen LogP contribution in [0.15, 0.2) is 43.0 Å². The van der Waals surface area contributed by atoms with E-state index in [0.29, 0.717) is 6.61 Å². The Morgan fingerprint density at radius 2 is 1.57 bits per heavy atom. The Morgan fingerprint density at radius 3 is 2.18 bits per heavy atom. The Bertz CT molecular complexity index is 644. The van der Waals surface area contributed by atoms with Crippen LogP contribution >= 0.6 is 0 Å². The number of aliphatic hydroxyl groups is 2. The van der Waals surface area contributed by atoms with Gasteiger partial charge in [-0.25, -0.2) is 0 Å². The van der Waals surface area contributed by atoms with Crippen LogP contribution in [0.2, 0.25) is 0 Å². The summed E-state index contributed by atoms with van der Waals surface area (Å²) in [5.74, 6) is -0.665. The maximum absolute atomic E-state index is 10.8. The zero-order chi connectivity index (χ0) is 19.6. The zero-order valence-electron chi connectivity index (χ0n) is 16.1. The van der Waals surface area contributed by atoms with Crippen LogP contribution in [0.4, 0.5) is 0 Å². The molecule has 6 heteroatoms. The second kappa shape index (κ2) is 8.61. The summed E-state index contributed by atoms with van der Waals surface area (Å²) in [6.07, 6.45) is 1.89. The molecule has 0 bridgehead atoms. The highest BCUT2D eigenvalue weighted by Gasteiger charge is 2.61. The summed E-state index contributed by atoms with van der Waals surface area (Å²) < 4.78 is 24.6. The molecule has 0 aromatic heterocycles. The maximum atomic E-state index is 10.8. The van der Waals surface area contributed by atoms with Crippen LogP contribution in [0, 0.1) is 0 Å². The molecule has 1 heterocycles. The van der Waals surface area contributed by atoms with Crippen molar-refractivity contribution in [3.8, 4) is 0 Å². The number of hydrogen-bond acceptors (Lipinski definition) is 6. The van der Waals surface area contributed by atoms with Crippen molar-refractivity contribution >= 4 is 0 Å². The van der Waals surface area contributed by atoms with E-state index in [9.17, 15) is 10.2 Å². The first-order chi connectivity index (χ1) is 13.6. The summed E-state index contributed by atoms with van der Waals surface area (Å²) in [5, 5.41) is 21.5. The lowest BCUT2D eigenvalue weighted by Crippen LogP contribution is -2.64. The number of rotatable bonds is 6. The van der Waals surface area contributed by atoms with Gasteiger partial charge in [0.2, 0.25) is 0 Å². The predicted octanol–water partition coefficient (Wildman–Crippen LogP) is 2.32. The summed E-state index contributed by atoms with van der Waals surface area (Å²) in [6.45, 7) is 4.26. The average Bonchev–Trinajstić information content (AvgIpc) is 3.07. The highest BCUT2D eigenvalue weighted by Crippen LogP contribution is 2.46. The topological polar surface area (TPSA) is 77.4 Å². The fourth-order valence-electron chi connectivity index (χ4n) is 4.60. The van der Waals surface area contributed by atoms with Crippen molar-refractivity contribution in [2.75, 3.05) is 6.61 Å². The molecule has 1 aliphatic heterocycles. The molecule has 6 unspecified atom stereocenters. The highest BCUT2D eigenvalue weighted by molar-refractivity contribution is 5.14. The summed E-state index contributed by atoms with van der Waals surface area (Å²) in [6, 6.07) is 9.76. The Morgan fingerprint density at radius 1 is 0.964 bits per heavy atom. The maximum Gasteiger partial charge on any atom is 0.169 e. The Balaban J connectivity index is 1.55.